The minimum atomic E-state index is 0.526. The van der Waals surface area contributed by atoms with E-state index in [1.54, 1.807) is 0 Å². The van der Waals surface area contributed by atoms with E-state index in [2.05, 4.69) is 48.1 Å². The number of aryl methyl sites for hydroxylation is 2. The Morgan fingerprint density at radius 1 is 1.27 bits per heavy atom. The zero-order valence-corrected chi connectivity index (χ0v) is 13.2. The third-order valence-corrected chi connectivity index (χ3v) is 5.67. The lowest BCUT2D eigenvalue weighted by Crippen LogP contribution is -2.13. The summed E-state index contributed by atoms with van der Waals surface area (Å²) in [6.07, 6.45) is 3.64. The van der Waals surface area contributed by atoms with E-state index in [0.29, 0.717) is 5.41 Å². The first-order valence-electron chi connectivity index (χ1n) is 8.07. The Hall–Kier alpha value is -2.10. The van der Waals surface area contributed by atoms with Crippen LogP contribution in [0.4, 0.5) is 0 Å². The Kier molecular flexibility index (Phi) is 2.15. The van der Waals surface area contributed by atoms with Crippen LogP contribution in [0.1, 0.15) is 35.7 Å². The van der Waals surface area contributed by atoms with Gasteiger partial charge in [0.2, 0.25) is 0 Å². The third-order valence-electron chi connectivity index (χ3n) is 5.67. The van der Waals surface area contributed by atoms with Gasteiger partial charge in [0.1, 0.15) is 5.69 Å². The highest BCUT2D eigenvalue weighted by Gasteiger charge is 2.53. The van der Waals surface area contributed by atoms with E-state index < -0.39 is 0 Å². The second-order valence-corrected chi connectivity index (χ2v) is 7.53. The lowest BCUT2D eigenvalue weighted by Gasteiger charge is -2.17. The second-order valence-electron chi connectivity index (χ2n) is 7.53. The minimum absolute atomic E-state index is 0.526. The Morgan fingerprint density at radius 2 is 2.14 bits per heavy atom. The number of H-pyrrole nitrogens is 2. The van der Waals surface area contributed by atoms with E-state index in [4.69, 9.17) is 4.98 Å². The summed E-state index contributed by atoms with van der Waals surface area (Å²) in [6.45, 7) is 6.64. The number of nitrogens with zero attached hydrogens (tertiary/aromatic N) is 2. The third kappa shape index (κ3) is 1.58. The molecule has 5 rings (SSSR count). The average molecular weight is 292 g/mol. The van der Waals surface area contributed by atoms with Crippen LogP contribution in [0.5, 0.6) is 0 Å². The topological polar surface area (TPSA) is 57.4 Å². The summed E-state index contributed by atoms with van der Waals surface area (Å²) < 4.78 is 0. The molecule has 2 aliphatic carbocycles. The lowest BCUT2D eigenvalue weighted by molar-refractivity contribution is 0.467. The number of rotatable bonds is 1. The summed E-state index contributed by atoms with van der Waals surface area (Å²) in [5.74, 6) is 1.75. The molecule has 2 heterocycles. The Labute approximate surface area is 129 Å². The van der Waals surface area contributed by atoms with Gasteiger partial charge in [-0.2, -0.15) is 5.10 Å². The minimum Gasteiger partial charge on any atom is -0.337 e. The van der Waals surface area contributed by atoms with E-state index in [-0.39, 0.29) is 0 Å². The maximum atomic E-state index is 4.82. The fourth-order valence-corrected chi connectivity index (χ4v) is 4.24. The van der Waals surface area contributed by atoms with Crippen molar-refractivity contribution in [2.45, 2.75) is 40.0 Å². The molecule has 0 aliphatic heterocycles. The fourth-order valence-electron chi connectivity index (χ4n) is 4.24. The van der Waals surface area contributed by atoms with Gasteiger partial charge in [-0.05, 0) is 61.6 Å². The Morgan fingerprint density at radius 3 is 3.00 bits per heavy atom. The molecule has 3 aromatic rings. The molecule has 112 valence electrons. The summed E-state index contributed by atoms with van der Waals surface area (Å²) in [6, 6.07) is 4.35. The summed E-state index contributed by atoms with van der Waals surface area (Å²) in [5, 5.41) is 7.85. The number of hydrogen-bond donors (Lipinski definition) is 2. The van der Waals surface area contributed by atoms with Crippen molar-refractivity contribution >= 4 is 11.0 Å². The van der Waals surface area contributed by atoms with Crippen LogP contribution in [0, 0.1) is 25.2 Å². The molecule has 0 spiro atoms. The van der Waals surface area contributed by atoms with Gasteiger partial charge in [-0.1, -0.05) is 13.0 Å². The number of aromatic amines is 2. The van der Waals surface area contributed by atoms with Crippen LogP contribution in [-0.2, 0) is 12.8 Å². The van der Waals surface area contributed by atoms with E-state index in [1.807, 2.05) is 0 Å². The molecule has 1 aromatic carbocycles. The van der Waals surface area contributed by atoms with E-state index in [0.717, 1.165) is 41.3 Å². The summed E-state index contributed by atoms with van der Waals surface area (Å²) in [5.41, 5.74) is 8.90. The summed E-state index contributed by atoms with van der Waals surface area (Å²) >= 11 is 0. The zero-order valence-electron chi connectivity index (χ0n) is 13.2. The van der Waals surface area contributed by atoms with Crippen LogP contribution in [0.25, 0.3) is 22.6 Å². The van der Waals surface area contributed by atoms with Gasteiger partial charge in [0.05, 0.1) is 11.0 Å². The predicted octanol–water partition coefficient (Wildman–Crippen LogP) is 3.69. The van der Waals surface area contributed by atoms with Crippen molar-refractivity contribution in [2.24, 2.45) is 11.3 Å². The monoisotopic (exact) mass is 292 g/mol. The van der Waals surface area contributed by atoms with Crippen LogP contribution in [0.3, 0.4) is 0 Å². The van der Waals surface area contributed by atoms with Gasteiger partial charge in [-0.3, -0.25) is 5.10 Å². The number of fused-ring (bicyclic) bond motifs is 3. The van der Waals surface area contributed by atoms with Crippen molar-refractivity contribution in [1.29, 1.82) is 0 Å². The van der Waals surface area contributed by atoms with Gasteiger partial charge < -0.3 is 4.98 Å². The number of nitrogens with one attached hydrogen (secondary N) is 2. The first kappa shape index (κ1) is 12.4. The fraction of sp³-hybridized carbons (Fsp3) is 0.444. The predicted molar refractivity (Wildman–Crippen MR) is 86.8 cm³/mol. The molecule has 0 unspecified atom stereocenters. The van der Waals surface area contributed by atoms with Gasteiger partial charge in [0.25, 0.3) is 0 Å². The number of benzene rings is 1. The van der Waals surface area contributed by atoms with Crippen LogP contribution < -0.4 is 0 Å². The largest absolute Gasteiger partial charge is 0.337 e. The second kappa shape index (κ2) is 3.80. The van der Waals surface area contributed by atoms with Crippen molar-refractivity contribution < 1.29 is 0 Å². The van der Waals surface area contributed by atoms with E-state index in [1.165, 1.54) is 28.8 Å². The molecule has 2 aromatic heterocycles. The van der Waals surface area contributed by atoms with Crippen molar-refractivity contribution in [1.82, 2.24) is 20.2 Å². The lowest BCUT2D eigenvalue weighted by atomic mass is 9.88. The Bertz CT molecular complexity index is 917. The molecule has 4 nitrogen and oxygen atoms in total. The Balaban J connectivity index is 1.66. The molecule has 22 heavy (non-hydrogen) atoms. The van der Waals surface area contributed by atoms with Crippen LogP contribution >= 0.6 is 0 Å². The molecular formula is C18H20N4. The van der Waals surface area contributed by atoms with Gasteiger partial charge >= 0.3 is 0 Å². The normalized spacial score (nSPS) is 26.0. The quantitative estimate of drug-likeness (QED) is 0.718. The highest BCUT2D eigenvalue weighted by atomic mass is 15.1. The number of hydrogen-bond acceptors (Lipinski definition) is 2. The molecule has 2 aliphatic rings. The van der Waals surface area contributed by atoms with E-state index in [9.17, 15) is 0 Å². The van der Waals surface area contributed by atoms with Crippen molar-refractivity contribution in [3.05, 3.63) is 34.5 Å². The maximum Gasteiger partial charge on any atom is 0.159 e. The van der Waals surface area contributed by atoms with E-state index >= 15 is 0 Å². The van der Waals surface area contributed by atoms with Crippen molar-refractivity contribution in [3.63, 3.8) is 0 Å². The molecule has 2 N–H and O–H groups in total. The molecule has 1 fully saturated rings. The standard InChI is InChI=1S/C18H20N4/c1-9-4-10(2)15-13(5-9)19-17(20-15)16-12-6-11-7-18(11,3)8-14(12)21-22-16/h4-5,11H,6-8H2,1-3H3,(H,19,20)(H,21,22)/t11-,18-/m1/s1. The maximum absolute atomic E-state index is 4.82. The molecule has 0 radical (unpaired) electrons. The summed E-state index contributed by atoms with van der Waals surface area (Å²) in [4.78, 5) is 8.30. The van der Waals surface area contributed by atoms with Gasteiger partial charge in [0.15, 0.2) is 5.82 Å². The number of aromatic nitrogens is 4. The van der Waals surface area contributed by atoms with Crippen LogP contribution in [0.2, 0.25) is 0 Å². The van der Waals surface area contributed by atoms with Crippen LogP contribution in [-0.4, -0.2) is 20.2 Å². The van der Waals surface area contributed by atoms with Crippen molar-refractivity contribution in [2.75, 3.05) is 0 Å². The van der Waals surface area contributed by atoms with Crippen molar-refractivity contribution in [3.8, 4) is 11.5 Å². The van der Waals surface area contributed by atoms with Crippen LogP contribution in [0.15, 0.2) is 12.1 Å². The highest BCUT2D eigenvalue weighted by molar-refractivity contribution is 5.83. The first-order chi connectivity index (χ1) is 10.5. The molecule has 4 heteroatoms. The average Bonchev–Trinajstić information content (AvgIpc) is 2.80. The molecule has 0 bridgehead atoms. The molecule has 0 saturated heterocycles. The van der Waals surface area contributed by atoms with Gasteiger partial charge in [-0.15, -0.1) is 0 Å². The molecular weight excluding hydrogens is 272 g/mol. The van der Waals surface area contributed by atoms with Gasteiger partial charge in [0, 0.05) is 11.3 Å². The molecule has 1 saturated carbocycles. The highest BCUT2D eigenvalue weighted by Crippen LogP contribution is 2.59. The first-order valence-corrected chi connectivity index (χ1v) is 8.07. The number of imidazole rings is 1. The smallest absolute Gasteiger partial charge is 0.159 e. The SMILES string of the molecule is Cc1cc(C)c2nc(-c3n[nH]c4c3C[C@@H]3C[C@]3(C)C4)[nH]c2c1. The summed E-state index contributed by atoms with van der Waals surface area (Å²) in [7, 11) is 0. The zero-order chi connectivity index (χ0) is 15.1. The molecule has 2 atom stereocenters. The van der Waals surface area contributed by atoms with Gasteiger partial charge in [-0.25, -0.2) is 4.98 Å². The molecule has 0 amide bonds.